The normalized spacial score (nSPS) is 19.4. The third kappa shape index (κ3) is 7.67. The number of hydroxylamine groups is 2. The number of esters is 1. The molecule has 28 heavy (non-hydrogen) atoms. The van der Waals surface area contributed by atoms with Crippen molar-refractivity contribution in [1.29, 1.82) is 5.26 Å². The average Bonchev–Trinajstić information content (AvgIpc) is 2.68. The van der Waals surface area contributed by atoms with Gasteiger partial charge in [-0.2, -0.15) is 0 Å². The molecule has 0 saturated carbocycles. The third-order valence-corrected chi connectivity index (χ3v) is 4.53. The summed E-state index contributed by atoms with van der Waals surface area (Å²) in [5.41, 5.74) is 0.971. The minimum Gasteiger partial charge on any atom is -0.460 e. The number of carbonyl (C=O) groups is 2. The van der Waals surface area contributed by atoms with Crippen LogP contribution in [0.2, 0.25) is 0 Å². The van der Waals surface area contributed by atoms with Crippen LogP contribution in [-0.4, -0.2) is 53.1 Å². The first-order valence-electron chi connectivity index (χ1n) is 9.52. The van der Waals surface area contributed by atoms with E-state index in [0.29, 0.717) is 6.54 Å². The lowest BCUT2D eigenvalue weighted by Gasteiger charge is -2.41. The highest BCUT2D eigenvalue weighted by molar-refractivity contribution is 5.73. The van der Waals surface area contributed by atoms with Crippen LogP contribution in [0.4, 0.5) is 0 Å². The van der Waals surface area contributed by atoms with Crippen LogP contribution in [0.3, 0.4) is 0 Å². The number of nitriles is 1. The molecule has 1 aliphatic rings. The van der Waals surface area contributed by atoms with Crippen LogP contribution in [0.5, 0.6) is 0 Å². The maximum Gasteiger partial charge on any atom is 0.320 e. The summed E-state index contributed by atoms with van der Waals surface area (Å²) in [6.07, 6.45) is 1.70. The first-order valence-corrected chi connectivity index (χ1v) is 9.52. The summed E-state index contributed by atoms with van der Waals surface area (Å²) in [6, 6.07) is 9.86. The summed E-state index contributed by atoms with van der Waals surface area (Å²) in [7, 11) is 0. The van der Waals surface area contributed by atoms with Crippen LogP contribution < -0.4 is 0 Å². The third-order valence-electron chi connectivity index (χ3n) is 4.53. The standard InChI is InChI=1S/C20H30N2O4.CHN/c1-15(2)26-22(17(4)23)19-11-10-16(3)21(12-19)13-20(24)25-14-18-8-6-5-7-9-18;1-2/h5-9,15-16,19H,10-14H2,1-4H3;1H. The Hall–Kier alpha value is -2.43. The van der Waals surface area contributed by atoms with Gasteiger partial charge in [-0.3, -0.25) is 19.3 Å². The number of benzene rings is 1. The number of carbonyl (C=O) groups excluding carboxylic acids is 2. The Kier molecular flexibility index (Phi) is 10.2. The molecule has 1 aliphatic heterocycles. The molecular weight excluding hydrogens is 358 g/mol. The molecule has 0 spiro atoms. The number of amides is 1. The minimum absolute atomic E-state index is 0.0481. The molecule has 7 heteroatoms. The molecular formula is C21H31N3O4. The molecule has 1 aromatic rings. The summed E-state index contributed by atoms with van der Waals surface area (Å²) in [5.74, 6) is -0.356. The van der Waals surface area contributed by atoms with Crippen molar-refractivity contribution in [1.82, 2.24) is 9.96 Å². The van der Waals surface area contributed by atoms with Gasteiger partial charge >= 0.3 is 5.97 Å². The van der Waals surface area contributed by atoms with E-state index in [1.54, 1.807) is 0 Å². The minimum atomic E-state index is -0.250. The second-order valence-corrected chi connectivity index (χ2v) is 7.15. The molecule has 0 bridgehead atoms. The average molecular weight is 389 g/mol. The van der Waals surface area contributed by atoms with Gasteiger partial charge in [-0.1, -0.05) is 30.3 Å². The molecule has 154 valence electrons. The molecule has 1 fully saturated rings. The smallest absolute Gasteiger partial charge is 0.320 e. The molecule has 1 aromatic carbocycles. The van der Waals surface area contributed by atoms with Gasteiger partial charge in [0.05, 0.1) is 18.7 Å². The number of piperidine rings is 1. The lowest BCUT2D eigenvalue weighted by Crippen LogP contribution is -2.54. The van der Waals surface area contributed by atoms with Crippen LogP contribution in [-0.2, 0) is 25.8 Å². The quantitative estimate of drug-likeness (QED) is 0.527. The Labute approximate surface area is 167 Å². The van der Waals surface area contributed by atoms with Gasteiger partial charge in [0.25, 0.3) is 0 Å². The highest BCUT2D eigenvalue weighted by Crippen LogP contribution is 2.22. The van der Waals surface area contributed by atoms with Crippen LogP contribution in [0, 0.1) is 11.8 Å². The van der Waals surface area contributed by atoms with E-state index in [4.69, 9.17) is 14.8 Å². The van der Waals surface area contributed by atoms with E-state index in [9.17, 15) is 9.59 Å². The first kappa shape index (κ1) is 23.6. The highest BCUT2D eigenvalue weighted by Gasteiger charge is 2.33. The van der Waals surface area contributed by atoms with Gasteiger partial charge in [-0.05, 0) is 39.2 Å². The number of hydrogen-bond donors (Lipinski definition) is 0. The van der Waals surface area contributed by atoms with E-state index in [1.807, 2.05) is 44.2 Å². The van der Waals surface area contributed by atoms with Gasteiger partial charge in [0.2, 0.25) is 5.91 Å². The molecule has 1 amide bonds. The SMILES string of the molecule is C#N.CC(=O)N(OC(C)C)C1CCC(C)N(CC(=O)OCc2ccccc2)C1. The first-order chi connectivity index (χ1) is 13.4. The Bertz CT molecular complexity index is 633. The van der Waals surface area contributed by atoms with Gasteiger partial charge in [0.1, 0.15) is 6.61 Å². The lowest BCUT2D eigenvalue weighted by molar-refractivity contribution is -0.220. The van der Waals surface area contributed by atoms with Gasteiger partial charge in [0, 0.05) is 26.1 Å². The van der Waals surface area contributed by atoms with E-state index in [-0.39, 0.29) is 43.2 Å². The van der Waals surface area contributed by atoms with Gasteiger partial charge in [-0.15, -0.1) is 0 Å². The molecule has 1 heterocycles. The summed E-state index contributed by atoms with van der Waals surface area (Å²) >= 11 is 0. The predicted molar refractivity (Wildman–Crippen MR) is 106 cm³/mol. The second kappa shape index (κ2) is 12.1. The Morgan fingerprint density at radius 3 is 2.46 bits per heavy atom. The zero-order chi connectivity index (χ0) is 21.1. The van der Waals surface area contributed by atoms with Crippen molar-refractivity contribution < 1.29 is 19.2 Å². The number of likely N-dealkylation sites (tertiary alicyclic amines) is 1. The predicted octanol–water partition coefficient (Wildman–Crippen LogP) is 2.91. The van der Waals surface area contributed by atoms with E-state index in [2.05, 4.69) is 18.4 Å². The molecule has 0 N–H and O–H groups in total. The van der Waals surface area contributed by atoms with E-state index < -0.39 is 0 Å². The van der Waals surface area contributed by atoms with Crippen LogP contribution in [0.1, 0.15) is 46.1 Å². The largest absolute Gasteiger partial charge is 0.460 e. The Balaban J connectivity index is 0.00000190. The molecule has 0 aromatic heterocycles. The van der Waals surface area contributed by atoms with Crippen molar-refractivity contribution >= 4 is 11.9 Å². The molecule has 0 aliphatic carbocycles. The molecule has 1 saturated heterocycles. The monoisotopic (exact) mass is 389 g/mol. The fourth-order valence-electron chi connectivity index (χ4n) is 3.16. The van der Waals surface area contributed by atoms with Crippen molar-refractivity contribution in [2.45, 2.75) is 65.3 Å². The van der Waals surface area contributed by atoms with Crippen molar-refractivity contribution in [3.63, 3.8) is 0 Å². The Morgan fingerprint density at radius 1 is 1.25 bits per heavy atom. The molecule has 2 unspecified atom stereocenters. The lowest BCUT2D eigenvalue weighted by atomic mass is 9.99. The topological polar surface area (TPSA) is 82.9 Å². The maximum atomic E-state index is 12.2. The summed E-state index contributed by atoms with van der Waals surface area (Å²) in [5, 5.41) is 7.97. The number of hydrogen-bond acceptors (Lipinski definition) is 6. The highest BCUT2D eigenvalue weighted by atomic mass is 16.7. The van der Waals surface area contributed by atoms with E-state index >= 15 is 0 Å². The molecule has 2 rings (SSSR count). The maximum absolute atomic E-state index is 12.2. The van der Waals surface area contributed by atoms with Gasteiger partial charge < -0.3 is 4.74 Å². The van der Waals surface area contributed by atoms with Crippen molar-refractivity contribution in [3.8, 4) is 6.57 Å². The summed E-state index contributed by atoms with van der Waals surface area (Å²) in [6.45, 7) is 12.0. The van der Waals surface area contributed by atoms with E-state index in [1.165, 1.54) is 12.0 Å². The van der Waals surface area contributed by atoms with Crippen molar-refractivity contribution in [2.75, 3.05) is 13.1 Å². The number of nitrogens with zero attached hydrogens (tertiary/aromatic N) is 3. The van der Waals surface area contributed by atoms with Crippen molar-refractivity contribution in [3.05, 3.63) is 35.9 Å². The number of rotatable bonds is 7. The fraction of sp³-hybridized carbons (Fsp3) is 0.571. The molecule has 2 atom stereocenters. The Morgan fingerprint density at radius 2 is 1.89 bits per heavy atom. The number of ether oxygens (including phenoxy) is 1. The summed E-state index contributed by atoms with van der Waals surface area (Å²) < 4.78 is 5.39. The van der Waals surface area contributed by atoms with Crippen LogP contribution in [0.15, 0.2) is 30.3 Å². The van der Waals surface area contributed by atoms with E-state index in [0.717, 1.165) is 18.4 Å². The summed E-state index contributed by atoms with van der Waals surface area (Å²) in [4.78, 5) is 31.9. The van der Waals surface area contributed by atoms with Gasteiger partial charge in [-0.25, -0.2) is 10.3 Å². The van der Waals surface area contributed by atoms with Crippen molar-refractivity contribution in [2.24, 2.45) is 0 Å². The zero-order valence-electron chi connectivity index (χ0n) is 17.2. The molecule has 7 nitrogen and oxygen atoms in total. The fourth-order valence-corrected chi connectivity index (χ4v) is 3.16. The van der Waals surface area contributed by atoms with Crippen LogP contribution in [0.25, 0.3) is 0 Å². The van der Waals surface area contributed by atoms with Crippen LogP contribution >= 0.6 is 0 Å². The zero-order valence-corrected chi connectivity index (χ0v) is 17.2. The molecule has 0 radical (unpaired) electrons. The van der Waals surface area contributed by atoms with Gasteiger partial charge in [0.15, 0.2) is 0 Å². The second-order valence-electron chi connectivity index (χ2n) is 7.15.